The zero-order chi connectivity index (χ0) is 21.0. The van der Waals surface area contributed by atoms with E-state index in [0.29, 0.717) is 21.5 Å². The monoisotopic (exact) mass is 466 g/mol. The molecule has 0 radical (unpaired) electrons. The van der Waals surface area contributed by atoms with Crippen molar-refractivity contribution in [2.45, 2.75) is 37.8 Å². The number of hydrogen-bond donors (Lipinski definition) is 1. The van der Waals surface area contributed by atoms with Crippen LogP contribution in [0.2, 0.25) is 0 Å². The Bertz CT molecular complexity index is 875. The summed E-state index contributed by atoms with van der Waals surface area (Å²) in [6.45, 7) is 0. The smallest absolute Gasteiger partial charge is 0.360 e. The Balaban J connectivity index is 1.81. The highest BCUT2D eigenvalue weighted by molar-refractivity contribution is 9.10. The molecular weight excluding hydrogens is 444 g/mol. The van der Waals surface area contributed by atoms with Crippen molar-refractivity contribution in [3.05, 3.63) is 34.1 Å². The van der Waals surface area contributed by atoms with Gasteiger partial charge < -0.3 is 19.5 Å². The number of carbonyl (C=O) groups excluding carboxylic acids is 2. The van der Waals surface area contributed by atoms with Crippen LogP contribution < -0.4 is 14.8 Å². The Hall–Kier alpha value is -2.62. The van der Waals surface area contributed by atoms with Crippen LogP contribution in [0.1, 0.15) is 52.6 Å². The Kier molecular flexibility index (Phi) is 6.73. The first-order valence-electron chi connectivity index (χ1n) is 9.21. The maximum absolute atomic E-state index is 12.9. The first-order chi connectivity index (χ1) is 14.0. The van der Waals surface area contributed by atoms with E-state index in [1.54, 1.807) is 23.0 Å². The molecule has 1 saturated carbocycles. The molecule has 1 aromatic carbocycles. The van der Waals surface area contributed by atoms with Gasteiger partial charge in [0.05, 0.1) is 39.6 Å². The molecule has 1 heterocycles. The predicted molar refractivity (Wildman–Crippen MR) is 107 cm³/mol. The number of nitrogens with one attached hydrogen (secondary N) is 1. The maximum Gasteiger partial charge on any atom is 0.360 e. The molecule has 9 nitrogen and oxygen atoms in total. The minimum Gasteiger partial charge on any atom is -0.495 e. The number of halogens is 1. The van der Waals surface area contributed by atoms with Crippen molar-refractivity contribution in [2.24, 2.45) is 0 Å². The molecule has 1 aliphatic carbocycles. The summed E-state index contributed by atoms with van der Waals surface area (Å²) in [5, 5.41) is 11.0. The van der Waals surface area contributed by atoms with Crippen molar-refractivity contribution in [2.75, 3.05) is 21.3 Å². The molecule has 2 atom stereocenters. The fraction of sp³-hybridized carbons (Fsp3) is 0.474. The van der Waals surface area contributed by atoms with Crippen molar-refractivity contribution < 1.29 is 23.8 Å². The van der Waals surface area contributed by atoms with Crippen molar-refractivity contribution >= 4 is 27.8 Å². The third-order valence-electron chi connectivity index (χ3n) is 5.00. The van der Waals surface area contributed by atoms with E-state index >= 15 is 0 Å². The van der Waals surface area contributed by atoms with Crippen LogP contribution in [0.3, 0.4) is 0 Å². The molecule has 0 aliphatic heterocycles. The average molecular weight is 467 g/mol. The summed E-state index contributed by atoms with van der Waals surface area (Å²) in [5.74, 6) is 0.239. The van der Waals surface area contributed by atoms with Crippen LogP contribution >= 0.6 is 15.9 Å². The molecule has 0 saturated heterocycles. The predicted octanol–water partition coefficient (Wildman–Crippen LogP) is 2.76. The molecule has 2 aromatic rings. The van der Waals surface area contributed by atoms with E-state index in [0.717, 1.165) is 25.7 Å². The van der Waals surface area contributed by atoms with E-state index in [2.05, 4.69) is 36.3 Å². The molecule has 3 rings (SSSR count). The van der Waals surface area contributed by atoms with E-state index < -0.39 is 5.97 Å². The highest BCUT2D eigenvalue weighted by atomic mass is 79.9. The van der Waals surface area contributed by atoms with E-state index in [1.807, 2.05) is 0 Å². The zero-order valence-electron chi connectivity index (χ0n) is 16.5. The van der Waals surface area contributed by atoms with Gasteiger partial charge in [0.25, 0.3) is 5.91 Å². The van der Waals surface area contributed by atoms with Crippen LogP contribution in [0.25, 0.3) is 0 Å². The topological polar surface area (TPSA) is 105 Å². The number of benzene rings is 1. The highest BCUT2D eigenvalue weighted by Crippen LogP contribution is 2.36. The maximum atomic E-state index is 12.9. The minimum absolute atomic E-state index is 0.0992. The molecule has 1 fully saturated rings. The summed E-state index contributed by atoms with van der Waals surface area (Å²) in [6.07, 6.45) is 5.18. The number of carbonyl (C=O) groups is 2. The largest absolute Gasteiger partial charge is 0.495 e. The molecule has 1 aliphatic rings. The fourth-order valence-corrected chi connectivity index (χ4v) is 4.04. The van der Waals surface area contributed by atoms with Gasteiger partial charge in [0, 0.05) is 5.56 Å². The van der Waals surface area contributed by atoms with Crippen LogP contribution in [0.5, 0.6) is 11.5 Å². The number of aromatic nitrogens is 3. The van der Waals surface area contributed by atoms with Gasteiger partial charge in [-0.3, -0.25) is 4.79 Å². The molecule has 0 bridgehead atoms. The molecule has 0 unspecified atom stereocenters. The number of rotatable bonds is 6. The standard InChI is InChI=1S/C19H23BrN4O5/c1-27-15-8-11(9-16(28-2)17(15)20)18(25)21-12-6-4-5-7-14(12)24-10-13(22-23-24)19(26)29-3/h8-10,12,14H,4-7H2,1-3H3,(H,21,25)/t12-,14-/m1/s1. The van der Waals surface area contributed by atoms with Gasteiger partial charge in [0.15, 0.2) is 5.69 Å². The summed E-state index contributed by atoms with van der Waals surface area (Å²) in [7, 11) is 4.36. The van der Waals surface area contributed by atoms with Gasteiger partial charge >= 0.3 is 5.97 Å². The Morgan fingerprint density at radius 3 is 2.41 bits per heavy atom. The Morgan fingerprint density at radius 2 is 1.79 bits per heavy atom. The van der Waals surface area contributed by atoms with Gasteiger partial charge in [-0.2, -0.15) is 0 Å². The molecule has 29 heavy (non-hydrogen) atoms. The van der Waals surface area contributed by atoms with Crippen molar-refractivity contribution in [1.29, 1.82) is 0 Å². The summed E-state index contributed by atoms with van der Waals surface area (Å²) in [4.78, 5) is 24.6. The zero-order valence-corrected chi connectivity index (χ0v) is 18.1. The summed E-state index contributed by atoms with van der Waals surface area (Å²) >= 11 is 3.41. The lowest BCUT2D eigenvalue weighted by Gasteiger charge is -2.32. The average Bonchev–Trinajstić information content (AvgIpc) is 3.23. The van der Waals surface area contributed by atoms with Crippen LogP contribution in [0, 0.1) is 0 Å². The van der Waals surface area contributed by atoms with E-state index in [4.69, 9.17) is 9.47 Å². The number of ether oxygens (including phenoxy) is 3. The molecular formula is C19H23BrN4O5. The first kappa shape index (κ1) is 21.1. The van der Waals surface area contributed by atoms with Gasteiger partial charge in [0.1, 0.15) is 16.0 Å². The molecule has 10 heteroatoms. The normalized spacial score (nSPS) is 18.8. The summed E-state index contributed by atoms with van der Waals surface area (Å²) < 4.78 is 17.6. The van der Waals surface area contributed by atoms with Crippen molar-refractivity contribution in [1.82, 2.24) is 20.3 Å². The lowest BCUT2D eigenvalue weighted by Crippen LogP contribution is -2.43. The van der Waals surface area contributed by atoms with Crippen LogP contribution in [0.15, 0.2) is 22.8 Å². The van der Waals surface area contributed by atoms with Crippen molar-refractivity contribution in [3.8, 4) is 11.5 Å². The molecule has 1 N–H and O–H groups in total. The van der Waals surface area contributed by atoms with Crippen LogP contribution in [0.4, 0.5) is 0 Å². The lowest BCUT2D eigenvalue weighted by atomic mass is 9.90. The molecule has 156 valence electrons. The third-order valence-corrected chi connectivity index (χ3v) is 5.78. The quantitative estimate of drug-likeness (QED) is 0.652. The van der Waals surface area contributed by atoms with Gasteiger partial charge in [-0.25, -0.2) is 9.48 Å². The third kappa shape index (κ3) is 4.52. The van der Waals surface area contributed by atoms with E-state index in [9.17, 15) is 9.59 Å². The number of hydrogen-bond acceptors (Lipinski definition) is 7. The molecule has 1 amide bonds. The van der Waals surface area contributed by atoms with E-state index in [-0.39, 0.29) is 23.7 Å². The second kappa shape index (κ2) is 9.25. The minimum atomic E-state index is -0.540. The number of methoxy groups -OCH3 is 3. The number of amides is 1. The molecule has 1 aromatic heterocycles. The summed E-state index contributed by atoms with van der Waals surface area (Å²) in [6, 6.07) is 3.07. The van der Waals surface area contributed by atoms with Gasteiger partial charge in [-0.1, -0.05) is 18.1 Å². The summed E-state index contributed by atoms with van der Waals surface area (Å²) in [5.41, 5.74) is 0.575. The van der Waals surface area contributed by atoms with Gasteiger partial charge in [-0.15, -0.1) is 5.10 Å². The SMILES string of the molecule is COC(=O)c1cn([C@@H]2CCCC[C@H]2NC(=O)c2cc(OC)c(Br)c(OC)c2)nn1. The van der Waals surface area contributed by atoms with Crippen molar-refractivity contribution in [3.63, 3.8) is 0 Å². The van der Waals surface area contributed by atoms with Crippen LogP contribution in [-0.2, 0) is 4.74 Å². The van der Waals surface area contributed by atoms with Gasteiger partial charge in [0.2, 0.25) is 0 Å². The lowest BCUT2D eigenvalue weighted by molar-refractivity contribution is 0.0593. The van der Waals surface area contributed by atoms with E-state index in [1.165, 1.54) is 21.3 Å². The number of esters is 1. The van der Waals surface area contributed by atoms with Crippen LogP contribution in [-0.4, -0.2) is 54.2 Å². The first-order valence-corrected chi connectivity index (χ1v) is 10.00. The second-order valence-electron chi connectivity index (χ2n) is 6.70. The number of nitrogens with zero attached hydrogens (tertiary/aromatic N) is 3. The fourth-order valence-electron chi connectivity index (χ4n) is 3.49. The Morgan fingerprint density at radius 1 is 1.14 bits per heavy atom. The molecule has 0 spiro atoms. The van der Waals surface area contributed by atoms with Gasteiger partial charge in [-0.05, 0) is 40.9 Å². The second-order valence-corrected chi connectivity index (χ2v) is 7.49. The Labute approximate surface area is 176 Å². The highest BCUT2D eigenvalue weighted by Gasteiger charge is 2.30.